The molecule has 1 atom stereocenters. The van der Waals surface area contributed by atoms with Crippen LogP contribution in [0.25, 0.3) is 16.9 Å². The van der Waals surface area contributed by atoms with Gasteiger partial charge in [0.2, 0.25) is 0 Å². The van der Waals surface area contributed by atoms with Gasteiger partial charge in [-0.05, 0) is 49.7 Å². The number of benzene rings is 2. The second-order valence-electron chi connectivity index (χ2n) is 8.25. The lowest BCUT2D eigenvalue weighted by Gasteiger charge is -2.27. The number of urea groups is 1. The summed E-state index contributed by atoms with van der Waals surface area (Å²) in [5.41, 5.74) is 4.55. The summed E-state index contributed by atoms with van der Waals surface area (Å²) < 4.78 is 12.8. The van der Waals surface area contributed by atoms with E-state index in [2.05, 4.69) is 23.8 Å². The number of aryl methyl sites for hydroxylation is 1. The molecule has 36 heavy (non-hydrogen) atoms. The summed E-state index contributed by atoms with van der Waals surface area (Å²) >= 11 is 0. The molecule has 4 rings (SSSR count). The van der Waals surface area contributed by atoms with E-state index >= 15 is 0 Å². The number of ether oxygens (including phenoxy) is 2. The molecule has 1 aromatic heterocycles. The summed E-state index contributed by atoms with van der Waals surface area (Å²) in [4.78, 5) is 25.5. The molecule has 8 heteroatoms. The van der Waals surface area contributed by atoms with Crippen LogP contribution in [0.2, 0.25) is 0 Å². The molecule has 1 unspecified atom stereocenters. The smallest absolute Gasteiger partial charge is 0.338 e. The summed E-state index contributed by atoms with van der Waals surface area (Å²) in [7, 11) is 0. The first-order valence-corrected chi connectivity index (χ1v) is 11.5. The van der Waals surface area contributed by atoms with Gasteiger partial charge in [-0.1, -0.05) is 43.5 Å². The van der Waals surface area contributed by atoms with Gasteiger partial charge in [-0.3, -0.25) is 0 Å². The third kappa shape index (κ3) is 5.07. The predicted molar refractivity (Wildman–Crippen MR) is 138 cm³/mol. The van der Waals surface area contributed by atoms with Crippen molar-refractivity contribution in [3.8, 4) is 22.7 Å². The summed E-state index contributed by atoms with van der Waals surface area (Å²) in [6.07, 6.45) is 5.01. The van der Waals surface area contributed by atoms with E-state index in [1.807, 2.05) is 61.7 Å². The maximum Gasteiger partial charge on any atom is 0.338 e. The zero-order valence-electron chi connectivity index (χ0n) is 20.3. The Balaban J connectivity index is 1.86. The number of hydrogen-bond acceptors (Lipinski definition) is 5. The lowest BCUT2D eigenvalue weighted by atomic mass is 9.93. The van der Waals surface area contributed by atoms with E-state index in [0.717, 1.165) is 22.6 Å². The highest BCUT2D eigenvalue weighted by atomic mass is 16.5. The monoisotopic (exact) mass is 484 g/mol. The number of carbonyl (C=O) groups excluding carboxylic acids is 2. The van der Waals surface area contributed by atoms with Crippen molar-refractivity contribution in [1.29, 1.82) is 0 Å². The van der Waals surface area contributed by atoms with Crippen LogP contribution >= 0.6 is 0 Å². The average Bonchev–Trinajstić information content (AvgIpc) is 3.32. The lowest BCUT2D eigenvalue weighted by molar-refractivity contribution is -0.138. The molecular formula is C28H28N4O4. The van der Waals surface area contributed by atoms with Gasteiger partial charge in [0.05, 0.1) is 23.0 Å². The van der Waals surface area contributed by atoms with E-state index in [0.29, 0.717) is 29.1 Å². The highest BCUT2D eigenvalue weighted by Crippen LogP contribution is 2.36. The van der Waals surface area contributed by atoms with Crippen LogP contribution in [-0.4, -0.2) is 35.0 Å². The molecule has 0 bridgehead atoms. The number of amides is 2. The molecule has 2 heterocycles. The standard InChI is InChI=1S/C28H28N4O4/c1-5-14-35-23-13-12-20(16-18(23)3)25-22(17-32(31-25)21-10-8-7-9-11-21)26-24(27(33)36-15-6-2)19(4)29-28(34)30-26/h5-13,16-17,26H,1-2,14-15H2,3-4H3,(H2,29,30,34). The summed E-state index contributed by atoms with van der Waals surface area (Å²) in [6, 6.07) is 14.2. The van der Waals surface area contributed by atoms with Gasteiger partial charge in [-0.25, -0.2) is 14.3 Å². The van der Waals surface area contributed by atoms with Gasteiger partial charge in [0.15, 0.2) is 0 Å². The van der Waals surface area contributed by atoms with Crippen LogP contribution < -0.4 is 15.4 Å². The Bertz CT molecular complexity index is 1340. The van der Waals surface area contributed by atoms with Crippen molar-refractivity contribution in [3.05, 3.63) is 102 Å². The van der Waals surface area contributed by atoms with Gasteiger partial charge in [-0.15, -0.1) is 0 Å². The largest absolute Gasteiger partial charge is 0.489 e. The van der Waals surface area contributed by atoms with E-state index in [1.54, 1.807) is 17.7 Å². The predicted octanol–water partition coefficient (Wildman–Crippen LogP) is 4.77. The van der Waals surface area contributed by atoms with Gasteiger partial charge in [0.1, 0.15) is 19.0 Å². The van der Waals surface area contributed by atoms with E-state index in [9.17, 15) is 9.59 Å². The highest BCUT2D eigenvalue weighted by molar-refractivity contribution is 5.95. The Morgan fingerprint density at radius 3 is 2.56 bits per heavy atom. The highest BCUT2D eigenvalue weighted by Gasteiger charge is 2.35. The molecule has 3 aromatic rings. The minimum Gasteiger partial charge on any atom is -0.489 e. The second-order valence-corrected chi connectivity index (χ2v) is 8.25. The molecule has 2 aromatic carbocycles. The molecule has 0 saturated heterocycles. The number of aromatic nitrogens is 2. The molecule has 0 radical (unpaired) electrons. The molecule has 1 aliphatic heterocycles. The van der Waals surface area contributed by atoms with Crippen LogP contribution in [-0.2, 0) is 9.53 Å². The molecule has 8 nitrogen and oxygen atoms in total. The minimum atomic E-state index is -0.777. The van der Waals surface area contributed by atoms with Crippen molar-refractivity contribution in [2.75, 3.05) is 13.2 Å². The topological polar surface area (TPSA) is 94.5 Å². The van der Waals surface area contributed by atoms with Crippen molar-refractivity contribution in [2.45, 2.75) is 19.9 Å². The van der Waals surface area contributed by atoms with Crippen molar-refractivity contribution in [3.63, 3.8) is 0 Å². The first-order chi connectivity index (χ1) is 17.4. The van der Waals surface area contributed by atoms with Crippen molar-refractivity contribution >= 4 is 12.0 Å². The number of nitrogens with zero attached hydrogens (tertiary/aromatic N) is 2. The van der Waals surface area contributed by atoms with E-state index < -0.39 is 18.0 Å². The van der Waals surface area contributed by atoms with Crippen molar-refractivity contribution in [1.82, 2.24) is 20.4 Å². The quantitative estimate of drug-likeness (QED) is 0.337. The zero-order valence-corrected chi connectivity index (χ0v) is 20.3. The van der Waals surface area contributed by atoms with Crippen LogP contribution in [0.3, 0.4) is 0 Å². The number of para-hydroxylation sites is 1. The van der Waals surface area contributed by atoms with Crippen LogP contribution in [0, 0.1) is 6.92 Å². The van der Waals surface area contributed by atoms with Crippen LogP contribution in [0.15, 0.2) is 91.3 Å². The first-order valence-electron chi connectivity index (χ1n) is 11.5. The van der Waals surface area contributed by atoms with Gasteiger partial charge in [-0.2, -0.15) is 5.10 Å². The minimum absolute atomic E-state index is 0.0534. The van der Waals surface area contributed by atoms with Crippen molar-refractivity contribution < 1.29 is 19.1 Å². The fraction of sp³-hybridized carbons (Fsp3) is 0.179. The van der Waals surface area contributed by atoms with Crippen LogP contribution in [0.5, 0.6) is 5.75 Å². The molecule has 184 valence electrons. The Morgan fingerprint density at radius 1 is 1.11 bits per heavy atom. The normalized spacial score (nSPS) is 15.1. The second kappa shape index (κ2) is 10.8. The third-order valence-electron chi connectivity index (χ3n) is 5.70. The number of carbonyl (C=O) groups is 2. The molecule has 0 spiro atoms. The number of nitrogens with one attached hydrogen (secondary N) is 2. The van der Waals surface area contributed by atoms with E-state index in [-0.39, 0.29) is 6.61 Å². The zero-order chi connectivity index (χ0) is 25.7. The SMILES string of the molecule is C=CCOC(=O)C1=C(C)NC(=O)NC1c1cn(-c2ccccc2)nc1-c1ccc(OCC=C)c(C)c1. The number of esters is 1. The molecule has 1 aliphatic rings. The fourth-order valence-electron chi connectivity index (χ4n) is 4.05. The molecular weight excluding hydrogens is 456 g/mol. The van der Waals surface area contributed by atoms with E-state index in [1.165, 1.54) is 6.08 Å². The van der Waals surface area contributed by atoms with Gasteiger partial charge in [0, 0.05) is 23.0 Å². The van der Waals surface area contributed by atoms with Gasteiger partial charge < -0.3 is 20.1 Å². The fourth-order valence-corrected chi connectivity index (χ4v) is 4.05. The summed E-state index contributed by atoms with van der Waals surface area (Å²) in [5.74, 6) is 0.190. The van der Waals surface area contributed by atoms with Crippen molar-refractivity contribution in [2.24, 2.45) is 0 Å². The maximum absolute atomic E-state index is 13.0. The summed E-state index contributed by atoms with van der Waals surface area (Å²) in [5, 5.41) is 10.4. The molecule has 2 amide bonds. The van der Waals surface area contributed by atoms with Gasteiger partial charge in [0.25, 0.3) is 0 Å². The van der Waals surface area contributed by atoms with E-state index in [4.69, 9.17) is 14.6 Å². The third-order valence-corrected chi connectivity index (χ3v) is 5.70. The molecule has 2 N–H and O–H groups in total. The first kappa shape index (κ1) is 24.5. The lowest BCUT2D eigenvalue weighted by Crippen LogP contribution is -2.45. The Kier molecular flexibility index (Phi) is 7.34. The summed E-state index contributed by atoms with van der Waals surface area (Å²) in [6.45, 7) is 11.4. The average molecular weight is 485 g/mol. The Hall–Kier alpha value is -4.59. The molecule has 0 fully saturated rings. The number of allylic oxidation sites excluding steroid dienone is 1. The Morgan fingerprint density at radius 2 is 1.86 bits per heavy atom. The molecule has 0 aliphatic carbocycles. The number of rotatable bonds is 9. The van der Waals surface area contributed by atoms with Gasteiger partial charge >= 0.3 is 12.0 Å². The Labute approximate surface area is 209 Å². The van der Waals surface area contributed by atoms with Crippen LogP contribution in [0.1, 0.15) is 24.1 Å². The van der Waals surface area contributed by atoms with Crippen LogP contribution in [0.4, 0.5) is 4.79 Å². The number of hydrogen-bond donors (Lipinski definition) is 2. The molecule has 0 saturated carbocycles. The maximum atomic E-state index is 13.0.